The van der Waals surface area contributed by atoms with E-state index in [0.29, 0.717) is 22.8 Å². The fourth-order valence-corrected chi connectivity index (χ4v) is 10.1. The number of hydrogen-bond acceptors (Lipinski definition) is 6. The standard InChI is InChI=1S/C53H38N4OS2/c1-4-44(37-28-29-47-43(31-37)38-20-11-13-24-45(38)59-47)55-52(35-18-9-6-10-19-35)54-33(3)36-27-26-32(2)42(30-36)39-22-15-23-41(50(39)58)53-56-48(34-16-7-5-8-17-34)51-49(57-53)40-21-12-14-25-46(40)60-51/h4-31,58H,1-3H3/b44-4-,54-33?,55-52?. The third-order valence-electron chi connectivity index (χ3n) is 11.0. The number of rotatable bonds is 7. The molecular formula is C53H38N4OS2. The van der Waals surface area contributed by atoms with Crippen molar-refractivity contribution in [1.82, 2.24) is 9.97 Å². The number of fused-ring (bicyclic) bond motifs is 6. The predicted molar refractivity (Wildman–Crippen MR) is 256 cm³/mol. The number of aryl methyl sites for hydroxylation is 1. The molecule has 0 fully saturated rings. The molecule has 0 radical (unpaired) electrons. The van der Waals surface area contributed by atoms with Crippen molar-refractivity contribution in [1.29, 1.82) is 0 Å². The smallest absolute Gasteiger partial charge is 0.164 e. The van der Waals surface area contributed by atoms with Crippen molar-refractivity contribution in [2.45, 2.75) is 20.8 Å². The molecule has 10 aromatic rings. The van der Waals surface area contributed by atoms with Gasteiger partial charge in [0.1, 0.15) is 5.75 Å². The van der Waals surface area contributed by atoms with Gasteiger partial charge in [-0.2, -0.15) is 0 Å². The van der Waals surface area contributed by atoms with Crippen LogP contribution in [0.5, 0.6) is 5.75 Å². The van der Waals surface area contributed by atoms with Crippen LogP contribution in [-0.2, 0) is 0 Å². The minimum absolute atomic E-state index is 0.130. The fraction of sp³-hybridized carbons (Fsp3) is 0.0566. The molecule has 7 heteroatoms. The van der Waals surface area contributed by atoms with Gasteiger partial charge in [-0.1, -0.05) is 133 Å². The van der Waals surface area contributed by atoms with Crippen molar-refractivity contribution in [2.24, 2.45) is 9.98 Å². The average Bonchev–Trinajstić information content (AvgIpc) is 3.86. The van der Waals surface area contributed by atoms with Crippen LogP contribution in [0.25, 0.3) is 79.9 Å². The molecule has 0 aliphatic heterocycles. The van der Waals surface area contributed by atoms with E-state index < -0.39 is 0 Å². The summed E-state index contributed by atoms with van der Waals surface area (Å²) >= 11 is 3.50. The highest BCUT2D eigenvalue weighted by Gasteiger charge is 2.20. The van der Waals surface area contributed by atoms with Gasteiger partial charge in [0.2, 0.25) is 0 Å². The number of aliphatic imine (C=N–C) groups is 2. The second-order valence-electron chi connectivity index (χ2n) is 14.8. The van der Waals surface area contributed by atoms with Crippen LogP contribution < -0.4 is 0 Å². The molecule has 1 N–H and O–H groups in total. The summed E-state index contributed by atoms with van der Waals surface area (Å²) in [5, 5.41) is 15.7. The van der Waals surface area contributed by atoms with Gasteiger partial charge in [0, 0.05) is 58.2 Å². The SMILES string of the molecule is C/C=C(\N=C(N=C(C)c1ccc(C)c(-c2cccc(-c3nc(-c4ccccc4)c4sc5ccccc5c4n3)c2O)c1)c1ccccc1)c1ccc2sc3ccccc3c2c1. The lowest BCUT2D eigenvalue weighted by Gasteiger charge is -2.14. The largest absolute Gasteiger partial charge is 0.507 e. The van der Waals surface area contributed by atoms with E-state index >= 15 is 0 Å². The van der Waals surface area contributed by atoms with Gasteiger partial charge in [0.05, 0.1) is 27.2 Å². The molecule has 0 aliphatic carbocycles. The Kier molecular flexibility index (Phi) is 9.68. The molecule has 5 nitrogen and oxygen atoms in total. The Balaban J connectivity index is 1.05. The molecule has 3 aromatic heterocycles. The number of hydrogen-bond donors (Lipinski definition) is 1. The van der Waals surface area contributed by atoms with E-state index in [0.717, 1.165) is 70.8 Å². The van der Waals surface area contributed by atoms with E-state index in [-0.39, 0.29) is 5.75 Å². The molecule has 0 atom stereocenters. The maximum atomic E-state index is 12.2. The monoisotopic (exact) mass is 810 g/mol. The summed E-state index contributed by atoms with van der Waals surface area (Å²) in [7, 11) is 0. The molecule has 0 bridgehead atoms. The van der Waals surface area contributed by atoms with Crippen LogP contribution in [0.2, 0.25) is 0 Å². The van der Waals surface area contributed by atoms with Gasteiger partial charge in [-0.05, 0) is 73.9 Å². The maximum Gasteiger partial charge on any atom is 0.164 e. The molecule has 10 rings (SSSR count). The normalized spacial score (nSPS) is 12.6. The number of aromatic hydroxyl groups is 1. The second-order valence-corrected chi connectivity index (χ2v) is 16.9. The summed E-state index contributed by atoms with van der Waals surface area (Å²) in [6.45, 7) is 6.10. The third-order valence-corrected chi connectivity index (χ3v) is 13.3. The molecule has 0 aliphatic rings. The van der Waals surface area contributed by atoms with Gasteiger partial charge >= 0.3 is 0 Å². The first-order valence-corrected chi connectivity index (χ1v) is 21.5. The van der Waals surface area contributed by atoms with E-state index in [1.54, 1.807) is 11.3 Å². The lowest BCUT2D eigenvalue weighted by atomic mass is 9.94. The summed E-state index contributed by atoms with van der Waals surface area (Å²) < 4.78 is 4.70. The Morgan fingerprint density at radius 3 is 2.02 bits per heavy atom. The Bertz CT molecular complexity index is 3360. The fourth-order valence-electron chi connectivity index (χ4n) is 7.84. The van der Waals surface area contributed by atoms with Gasteiger partial charge < -0.3 is 5.11 Å². The highest BCUT2D eigenvalue weighted by Crippen LogP contribution is 2.43. The molecule has 0 saturated carbocycles. The van der Waals surface area contributed by atoms with Gasteiger partial charge in [0.15, 0.2) is 11.7 Å². The average molecular weight is 811 g/mol. The van der Waals surface area contributed by atoms with Crippen molar-refractivity contribution in [2.75, 3.05) is 0 Å². The topological polar surface area (TPSA) is 70.7 Å². The van der Waals surface area contributed by atoms with Crippen molar-refractivity contribution in [3.63, 3.8) is 0 Å². The molecule has 0 amide bonds. The number of para-hydroxylation sites is 1. The van der Waals surface area contributed by atoms with E-state index in [9.17, 15) is 5.11 Å². The summed E-state index contributed by atoms with van der Waals surface area (Å²) in [6.07, 6.45) is 2.05. The zero-order valence-corrected chi connectivity index (χ0v) is 34.9. The minimum Gasteiger partial charge on any atom is -0.507 e. The van der Waals surface area contributed by atoms with Crippen LogP contribution in [0.3, 0.4) is 0 Å². The van der Waals surface area contributed by atoms with Gasteiger partial charge in [-0.15, -0.1) is 22.7 Å². The predicted octanol–water partition coefficient (Wildman–Crippen LogP) is 14.5. The molecule has 3 heterocycles. The number of allylic oxidation sites excluding steroid dienone is 1. The Morgan fingerprint density at radius 2 is 1.23 bits per heavy atom. The zero-order chi connectivity index (χ0) is 40.7. The van der Waals surface area contributed by atoms with Crippen molar-refractivity contribution >= 4 is 80.4 Å². The van der Waals surface area contributed by atoms with Crippen LogP contribution in [0.15, 0.2) is 180 Å². The van der Waals surface area contributed by atoms with Crippen LogP contribution in [0, 0.1) is 6.92 Å². The summed E-state index contributed by atoms with van der Waals surface area (Å²) in [5.74, 6) is 1.22. The van der Waals surface area contributed by atoms with Crippen LogP contribution in [-0.4, -0.2) is 26.6 Å². The van der Waals surface area contributed by atoms with Gasteiger partial charge in [-0.3, -0.25) is 0 Å². The lowest BCUT2D eigenvalue weighted by molar-refractivity contribution is 0.479. The molecular weight excluding hydrogens is 773 g/mol. The van der Waals surface area contributed by atoms with E-state index in [1.807, 2.05) is 104 Å². The number of phenolic OH excluding ortho intramolecular Hbond substituents is 1. The first-order chi connectivity index (χ1) is 29.4. The lowest BCUT2D eigenvalue weighted by Crippen LogP contribution is -2.05. The van der Waals surface area contributed by atoms with Gasteiger partial charge in [-0.25, -0.2) is 20.0 Å². The number of nitrogens with zero attached hydrogens (tertiary/aromatic N) is 4. The molecule has 0 saturated heterocycles. The first kappa shape index (κ1) is 37.2. The first-order valence-electron chi connectivity index (χ1n) is 19.9. The zero-order valence-electron chi connectivity index (χ0n) is 33.2. The molecule has 0 unspecified atom stereocenters. The van der Waals surface area contributed by atoms with E-state index in [1.165, 1.54) is 20.2 Å². The van der Waals surface area contributed by atoms with Crippen molar-refractivity contribution in [3.8, 4) is 39.5 Å². The second kappa shape index (κ2) is 15.6. The number of thiophene rings is 2. The summed E-state index contributed by atoms with van der Waals surface area (Å²) in [5.41, 5.74) is 10.5. The van der Waals surface area contributed by atoms with Crippen molar-refractivity contribution < 1.29 is 5.11 Å². The molecule has 7 aromatic carbocycles. The van der Waals surface area contributed by atoms with Crippen LogP contribution in [0.1, 0.15) is 36.1 Å². The Labute approximate surface area is 356 Å². The summed E-state index contributed by atoms with van der Waals surface area (Å²) in [6, 6.07) is 55.9. The molecule has 288 valence electrons. The van der Waals surface area contributed by atoms with Crippen LogP contribution in [0.4, 0.5) is 0 Å². The van der Waals surface area contributed by atoms with Crippen LogP contribution >= 0.6 is 22.7 Å². The van der Waals surface area contributed by atoms with Crippen molar-refractivity contribution in [3.05, 3.63) is 192 Å². The summed E-state index contributed by atoms with van der Waals surface area (Å²) in [4.78, 5) is 20.7. The highest BCUT2D eigenvalue weighted by atomic mass is 32.1. The highest BCUT2D eigenvalue weighted by molar-refractivity contribution is 7.26. The van der Waals surface area contributed by atoms with E-state index in [4.69, 9.17) is 20.0 Å². The Hall–Kier alpha value is -7.06. The third kappa shape index (κ3) is 6.77. The molecule has 0 spiro atoms. The van der Waals surface area contributed by atoms with E-state index in [2.05, 4.69) is 97.9 Å². The van der Waals surface area contributed by atoms with Gasteiger partial charge in [0.25, 0.3) is 0 Å². The number of aromatic nitrogens is 2. The number of benzene rings is 7. The molecule has 60 heavy (non-hydrogen) atoms. The number of amidine groups is 1. The quantitative estimate of drug-likeness (QED) is 0.129. The number of phenols is 1. The minimum atomic E-state index is 0.130. The Morgan fingerprint density at radius 1 is 0.567 bits per heavy atom. The maximum absolute atomic E-state index is 12.2.